The Morgan fingerprint density at radius 1 is 0.917 bits per heavy atom. The van der Waals surface area contributed by atoms with Gasteiger partial charge in [0.25, 0.3) is 0 Å². The van der Waals surface area contributed by atoms with Crippen LogP contribution in [0.2, 0.25) is 0 Å². The molecule has 0 amide bonds. The first-order valence-corrected chi connectivity index (χ1v) is 7.69. The highest BCUT2D eigenvalue weighted by Crippen LogP contribution is 2.52. The number of aliphatic hydroxyl groups is 1. The molecule has 24 heavy (non-hydrogen) atoms. The van der Waals surface area contributed by atoms with Gasteiger partial charge in [-0.25, -0.2) is 0 Å². The lowest BCUT2D eigenvalue weighted by molar-refractivity contribution is -0.336. The fraction of sp³-hybridized carbons (Fsp3) is 0.250. The second kappa shape index (κ2) is 6.47. The van der Waals surface area contributed by atoms with Crippen molar-refractivity contribution in [2.45, 2.75) is 17.7 Å². The lowest BCUT2D eigenvalue weighted by Crippen LogP contribution is -2.55. The standard InChI is InChI=1S/C16H12F5IO2/c1-24-13-7-3-5-11(9-13)14(23,15(17,18)16(19,20)21)10-4-2-6-12(22)8-10/h2-9,23H,1H3. The highest BCUT2D eigenvalue weighted by Gasteiger charge is 2.71. The van der Waals surface area contributed by atoms with Crippen LogP contribution in [0.1, 0.15) is 11.1 Å². The van der Waals surface area contributed by atoms with Crippen molar-refractivity contribution < 1.29 is 31.8 Å². The Hall–Kier alpha value is -1.42. The fourth-order valence-corrected chi connectivity index (χ4v) is 2.84. The zero-order valence-electron chi connectivity index (χ0n) is 12.2. The number of hydrogen-bond acceptors (Lipinski definition) is 2. The second-order valence-corrected chi connectivity index (χ2v) is 6.27. The van der Waals surface area contributed by atoms with E-state index in [1.165, 1.54) is 31.4 Å². The van der Waals surface area contributed by atoms with Gasteiger partial charge in [-0.1, -0.05) is 24.3 Å². The summed E-state index contributed by atoms with van der Waals surface area (Å²) in [5.74, 6) is -5.37. The zero-order chi connectivity index (χ0) is 18.2. The summed E-state index contributed by atoms with van der Waals surface area (Å²) in [7, 11) is 1.24. The van der Waals surface area contributed by atoms with Crippen molar-refractivity contribution in [3.8, 4) is 5.75 Å². The Morgan fingerprint density at radius 2 is 1.46 bits per heavy atom. The Morgan fingerprint density at radius 3 is 1.96 bits per heavy atom. The van der Waals surface area contributed by atoms with Crippen LogP contribution in [-0.2, 0) is 5.60 Å². The van der Waals surface area contributed by atoms with E-state index in [4.69, 9.17) is 4.74 Å². The molecule has 0 bridgehead atoms. The highest BCUT2D eigenvalue weighted by atomic mass is 127. The Bertz CT molecular complexity index is 732. The van der Waals surface area contributed by atoms with E-state index < -0.39 is 28.8 Å². The number of hydrogen-bond donors (Lipinski definition) is 1. The molecule has 2 rings (SSSR count). The zero-order valence-corrected chi connectivity index (χ0v) is 14.4. The molecular formula is C16H12F5IO2. The van der Waals surface area contributed by atoms with E-state index in [1.807, 2.05) is 0 Å². The van der Waals surface area contributed by atoms with Gasteiger partial charge in [0.2, 0.25) is 0 Å². The van der Waals surface area contributed by atoms with Crippen LogP contribution in [-0.4, -0.2) is 24.3 Å². The smallest absolute Gasteiger partial charge is 0.457 e. The molecule has 0 saturated heterocycles. The maximum atomic E-state index is 14.3. The molecule has 1 unspecified atom stereocenters. The molecule has 1 N–H and O–H groups in total. The van der Waals surface area contributed by atoms with Gasteiger partial charge in [-0.05, 0) is 58.0 Å². The maximum Gasteiger partial charge on any atom is 0.457 e. The van der Waals surface area contributed by atoms with Gasteiger partial charge in [-0.3, -0.25) is 0 Å². The van der Waals surface area contributed by atoms with E-state index in [2.05, 4.69) is 0 Å². The van der Waals surface area contributed by atoms with Gasteiger partial charge in [-0.15, -0.1) is 0 Å². The van der Waals surface area contributed by atoms with Crippen molar-refractivity contribution in [2.75, 3.05) is 7.11 Å². The van der Waals surface area contributed by atoms with E-state index in [9.17, 15) is 27.1 Å². The summed E-state index contributed by atoms with van der Waals surface area (Å²) >= 11 is 1.77. The predicted octanol–water partition coefficient (Wildman–Crippen LogP) is 4.73. The molecule has 0 aliphatic rings. The molecule has 2 aromatic carbocycles. The number of ether oxygens (including phenoxy) is 1. The van der Waals surface area contributed by atoms with Crippen LogP contribution in [0.25, 0.3) is 0 Å². The summed E-state index contributed by atoms with van der Waals surface area (Å²) in [6.07, 6.45) is -5.95. The van der Waals surface area contributed by atoms with Gasteiger partial charge in [0.15, 0.2) is 5.60 Å². The second-order valence-electron chi connectivity index (χ2n) is 5.02. The minimum absolute atomic E-state index is 0.0505. The van der Waals surface area contributed by atoms with E-state index in [-0.39, 0.29) is 5.75 Å². The summed E-state index contributed by atoms with van der Waals surface area (Å²) in [5, 5.41) is 10.6. The molecule has 2 aromatic rings. The summed E-state index contributed by atoms with van der Waals surface area (Å²) < 4.78 is 73.0. The van der Waals surface area contributed by atoms with Crippen LogP contribution in [0, 0.1) is 3.57 Å². The molecular weight excluding hydrogens is 446 g/mol. The summed E-state index contributed by atoms with van der Waals surface area (Å²) in [5.41, 5.74) is -4.78. The number of rotatable bonds is 4. The predicted molar refractivity (Wildman–Crippen MR) is 86.2 cm³/mol. The quantitative estimate of drug-likeness (QED) is 0.531. The Kier molecular flexibility index (Phi) is 5.10. The molecule has 0 saturated carbocycles. The van der Waals surface area contributed by atoms with E-state index in [1.54, 1.807) is 22.6 Å². The van der Waals surface area contributed by atoms with Crippen LogP contribution in [0.4, 0.5) is 22.0 Å². The monoisotopic (exact) mass is 458 g/mol. The fourth-order valence-electron chi connectivity index (χ4n) is 2.30. The highest BCUT2D eigenvalue weighted by molar-refractivity contribution is 14.1. The number of alkyl halides is 5. The van der Waals surface area contributed by atoms with E-state index in [0.29, 0.717) is 3.57 Å². The van der Waals surface area contributed by atoms with Crippen LogP contribution >= 0.6 is 22.6 Å². The largest absolute Gasteiger partial charge is 0.497 e. The van der Waals surface area contributed by atoms with E-state index in [0.717, 1.165) is 24.3 Å². The molecule has 0 fully saturated rings. The van der Waals surface area contributed by atoms with Gasteiger partial charge in [0, 0.05) is 3.57 Å². The average molecular weight is 458 g/mol. The average Bonchev–Trinajstić information content (AvgIpc) is 2.52. The summed E-state index contributed by atoms with van der Waals surface area (Å²) in [6, 6.07) is 9.50. The molecule has 1 atom stereocenters. The van der Waals surface area contributed by atoms with Crippen LogP contribution in [0.15, 0.2) is 48.5 Å². The lowest BCUT2D eigenvalue weighted by atomic mass is 9.80. The summed E-state index contributed by atoms with van der Waals surface area (Å²) in [4.78, 5) is 0. The van der Waals surface area contributed by atoms with Crippen molar-refractivity contribution in [1.82, 2.24) is 0 Å². The molecule has 0 heterocycles. The third-order valence-electron chi connectivity index (χ3n) is 3.54. The molecule has 2 nitrogen and oxygen atoms in total. The number of methoxy groups -OCH3 is 1. The normalized spacial score (nSPS) is 15.0. The topological polar surface area (TPSA) is 29.5 Å². The van der Waals surface area contributed by atoms with Gasteiger partial charge < -0.3 is 9.84 Å². The molecule has 0 spiro atoms. The SMILES string of the molecule is COc1cccc(C(O)(c2cccc(I)c2)C(F)(F)C(F)(F)F)c1. The van der Waals surface area contributed by atoms with Crippen molar-refractivity contribution in [2.24, 2.45) is 0 Å². The number of halogens is 6. The van der Waals surface area contributed by atoms with Crippen molar-refractivity contribution in [1.29, 1.82) is 0 Å². The molecule has 0 aliphatic carbocycles. The minimum Gasteiger partial charge on any atom is -0.497 e. The lowest BCUT2D eigenvalue weighted by Gasteiger charge is -2.37. The third kappa shape index (κ3) is 3.08. The van der Waals surface area contributed by atoms with Crippen molar-refractivity contribution in [3.63, 3.8) is 0 Å². The third-order valence-corrected chi connectivity index (χ3v) is 4.21. The number of benzene rings is 2. The molecule has 0 aliphatic heterocycles. The van der Waals surface area contributed by atoms with Crippen LogP contribution in [0.3, 0.4) is 0 Å². The minimum atomic E-state index is -5.95. The Labute approximate surface area is 148 Å². The maximum absolute atomic E-state index is 14.3. The van der Waals surface area contributed by atoms with Crippen molar-refractivity contribution in [3.05, 3.63) is 63.2 Å². The van der Waals surface area contributed by atoms with Gasteiger partial charge in [-0.2, -0.15) is 22.0 Å². The first-order chi connectivity index (χ1) is 11.0. The summed E-state index contributed by atoms with van der Waals surface area (Å²) in [6.45, 7) is 0. The molecule has 0 radical (unpaired) electrons. The van der Waals surface area contributed by atoms with Crippen LogP contribution < -0.4 is 4.74 Å². The van der Waals surface area contributed by atoms with Crippen LogP contribution in [0.5, 0.6) is 5.75 Å². The molecule has 8 heteroatoms. The first kappa shape index (κ1) is 18.9. The van der Waals surface area contributed by atoms with Gasteiger partial charge in [0.05, 0.1) is 7.11 Å². The molecule has 0 aromatic heterocycles. The molecule has 130 valence electrons. The van der Waals surface area contributed by atoms with Gasteiger partial charge in [0.1, 0.15) is 5.75 Å². The first-order valence-electron chi connectivity index (χ1n) is 6.61. The van der Waals surface area contributed by atoms with E-state index >= 15 is 0 Å². The Balaban J connectivity index is 2.79. The van der Waals surface area contributed by atoms with Crippen molar-refractivity contribution >= 4 is 22.6 Å². The van der Waals surface area contributed by atoms with Gasteiger partial charge >= 0.3 is 12.1 Å².